The van der Waals surface area contributed by atoms with Crippen molar-refractivity contribution in [2.75, 3.05) is 50.6 Å². The molecular weight excluding hydrogens is 445 g/mol. The summed E-state index contributed by atoms with van der Waals surface area (Å²) >= 11 is 0. The first-order valence-electron chi connectivity index (χ1n) is 12.5. The Morgan fingerprint density at radius 3 is 2.29 bits per heavy atom. The van der Waals surface area contributed by atoms with E-state index in [4.69, 9.17) is 19.4 Å². The van der Waals surface area contributed by atoms with Gasteiger partial charge in [-0.25, -0.2) is 9.37 Å². The molecule has 2 aliphatic heterocycles. The van der Waals surface area contributed by atoms with E-state index in [2.05, 4.69) is 15.1 Å². The Bertz CT molecular complexity index is 1140. The molecule has 0 bridgehead atoms. The topological polar surface area (TPSA) is 62.8 Å². The van der Waals surface area contributed by atoms with Crippen molar-refractivity contribution in [1.82, 2.24) is 14.9 Å². The number of rotatable bonds is 7. The van der Waals surface area contributed by atoms with Crippen molar-refractivity contribution < 1.29 is 13.9 Å². The number of nitrogens with zero attached hydrogens (tertiary/aromatic N) is 4. The van der Waals surface area contributed by atoms with Gasteiger partial charge in [0.1, 0.15) is 11.6 Å². The summed E-state index contributed by atoms with van der Waals surface area (Å²) in [6.45, 7) is 4.78. The molecule has 0 spiro atoms. The monoisotopic (exact) mass is 479 g/mol. The third-order valence-corrected chi connectivity index (χ3v) is 7.08. The van der Waals surface area contributed by atoms with Gasteiger partial charge in [0.15, 0.2) is 11.5 Å². The normalized spacial score (nSPS) is 17.5. The lowest BCUT2D eigenvalue weighted by Crippen LogP contribution is -2.39. The van der Waals surface area contributed by atoms with Crippen LogP contribution >= 0.6 is 0 Å². The molecule has 186 valence electrons. The molecular formula is C27H34FN5O2. The van der Waals surface area contributed by atoms with Crippen LogP contribution < -0.4 is 19.7 Å². The summed E-state index contributed by atoms with van der Waals surface area (Å²) < 4.78 is 24.3. The molecule has 0 amide bonds. The quantitative estimate of drug-likeness (QED) is 0.520. The highest BCUT2D eigenvalue weighted by Crippen LogP contribution is 2.36. The molecule has 2 aromatic carbocycles. The van der Waals surface area contributed by atoms with Crippen LogP contribution in [0.25, 0.3) is 10.9 Å². The molecule has 2 saturated heterocycles. The number of piperidine rings is 2. The predicted octanol–water partition coefficient (Wildman–Crippen LogP) is 4.85. The highest BCUT2D eigenvalue weighted by atomic mass is 19.1. The molecule has 0 radical (unpaired) electrons. The molecule has 3 aromatic rings. The van der Waals surface area contributed by atoms with Gasteiger partial charge in [-0.2, -0.15) is 4.98 Å². The molecule has 3 heterocycles. The summed E-state index contributed by atoms with van der Waals surface area (Å²) in [7, 11) is 3.30. The number of methoxy groups -OCH3 is 2. The molecule has 2 aliphatic rings. The Morgan fingerprint density at radius 1 is 0.914 bits per heavy atom. The summed E-state index contributed by atoms with van der Waals surface area (Å²) in [5.74, 6) is 2.79. The van der Waals surface area contributed by atoms with Crippen molar-refractivity contribution in [3.63, 3.8) is 0 Å². The highest BCUT2D eigenvalue weighted by molar-refractivity contribution is 5.93. The molecule has 0 unspecified atom stereocenters. The van der Waals surface area contributed by atoms with Crippen LogP contribution in [0.3, 0.4) is 0 Å². The SMILES string of the molecule is COc1cc2nc(N3CCCCC3)nc(NC3CCN(Cc4ccc(F)cc4)CC3)c2cc1OC. The molecule has 0 saturated carbocycles. The van der Waals surface area contributed by atoms with E-state index in [1.165, 1.54) is 31.4 Å². The lowest BCUT2D eigenvalue weighted by Gasteiger charge is -2.33. The fraction of sp³-hybridized carbons (Fsp3) is 0.481. The van der Waals surface area contributed by atoms with E-state index in [1.807, 2.05) is 24.3 Å². The third-order valence-electron chi connectivity index (χ3n) is 7.08. The number of hydrogen-bond donors (Lipinski definition) is 1. The van der Waals surface area contributed by atoms with Crippen LogP contribution in [0.15, 0.2) is 36.4 Å². The van der Waals surface area contributed by atoms with Crippen LogP contribution in [-0.2, 0) is 6.54 Å². The van der Waals surface area contributed by atoms with E-state index >= 15 is 0 Å². The van der Waals surface area contributed by atoms with Crippen molar-refractivity contribution in [3.05, 3.63) is 47.8 Å². The number of anilines is 2. The minimum Gasteiger partial charge on any atom is -0.493 e. The number of hydrogen-bond acceptors (Lipinski definition) is 7. The molecule has 35 heavy (non-hydrogen) atoms. The summed E-state index contributed by atoms with van der Waals surface area (Å²) in [6, 6.07) is 11.0. The Kier molecular flexibility index (Phi) is 7.18. The molecule has 8 heteroatoms. The van der Waals surface area contributed by atoms with Crippen molar-refractivity contribution in [1.29, 1.82) is 0 Å². The van der Waals surface area contributed by atoms with Gasteiger partial charge in [-0.05, 0) is 55.9 Å². The van der Waals surface area contributed by atoms with Crippen LogP contribution in [0, 0.1) is 5.82 Å². The van der Waals surface area contributed by atoms with E-state index < -0.39 is 0 Å². The fourth-order valence-corrected chi connectivity index (χ4v) is 5.07. The predicted molar refractivity (Wildman–Crippen MR) is 137 cm³/mol. The molecule has 5 rings (SSSR count). The average molecular weight is 480 g/mol. The minimum atomic E-state index is -0.188. The van der Waals surface area contributed by atoms with Gasteiger partial charge in [-0.1, -0.05) is 12.1 Å². The largest absolute Gasteiger partial charge is 0.493 e. The Labute approximate surface area is 206 Å². The first-order valence-corrected chi connectivity index (χ1v) is 12.5. The van der Waals surface area contributed by atoms with Crippen LogP contribution in [0.5, 0.6) is 11.5 Å². The Morgan fingerprint density at radius 2 is 1.60 bits per heavy atom. The van der Waals surface area contributed by atoms with E-state index in [9.17, 15) is 4.39 Å². The zero-order valence-corrected chi connectivity index (χ0v) is 20.6. The second-order valence-corrected chi connectivity index (χ2v) is 9.47. The standard InChI is InChI=1S/C27H34FN5O2/c1-34-24-16-22-23(17-25(24)35-2)30-27(33-12-4-3-5-13-33)31-26(22)29-21-10-14-32(15-11-21)18-19-6-8-20(28)9-7-19/h6-9,16-17,21H,3-5,10-15,18H2,1-2H3,(H,29,30,31). The van der Waals surface area contributed by atoms with Gasteiger partial charge in [0.2, 0.25) is 5.95 Å². The van der Waals surface area contributed by atoms with Crippen LogP contribution in [0.1, 0.15) is 37.7 Å². The van der Waals surface area contributed by atoms with Gasteiger partial charge in [-0.3, -0.25) is 4.90 Å². The summed E-state index contributed by atoms with van der Waals surface area (Å²) in [4.78, 5) is 14.6. The first kappa shape index (κ1) is 23.6. The van der Waals surface area contributed by atoms with E-state index in [0.29, 0.717) is 17.5 Å². The maximum atomic E-state index is 13.2. The minimum absolute atomic E-state index is 0.188. The number of aromatic nitrogens is 2. The van der Waals surface area contributed by atoms with E-state index in [-0.39, 0.29) is 5.82 Å². The molecule has 7 nitrogen and oxygen atoms in total. The molecule has 1 aromatic heterocycles. The number of fused-ring (bicyclic) bond motifs is 1. The Balaban J connectivity index is 1.35. The number of ether oxygens (including phenoxy) is 2. The Hall–Kier alpha value is -3.13. The van der Waals surface area contributed by atoms with Crippen molar-refractivity contribution in [2.24, 2.45) is 0 Å². The number of likely N-dealkylation sites (tertiary alicyclic amines) is 1. The molecule has 1 N–H and O–H groups in total. The lowest BCUT2D eigenvalue weighted by atomic mass is 10.0. The van der Waals surface area contributed by atoms with Gasteiger partial charge >= 0.3 is 0 Å². The second kappa shape index (κ2) is 10.6. The number of benzene rings is 2. The van der Waals surface area contributed by atoms with Gasteiger partial charge < -0.3 is 19.7 Å². The average Bonchev–Trinajstić information content (AvgIpc) is 2.90. The van der Waals surface area contributed by atoms with Gasteiger partial charge in [0.05, 0.1) is 19.7 Å². The molecule has 2 fully saturated rings. The van der Waals surface area contributed by atoms with Crippen molar-refractivity contribution in [2.45, 2.75) is 44.7 Å². The second-order valence-electron chi connectivity index (χ2n) is 9.47. The fourth-order valence-electron chi connectivity index (χ4n) is 5.07. The number of halogens is 1. The van der Waals surface area contributed by atoms with Gasteiger partial charge in [-0.15, -0.1) is 0 Å². The summed E-state index contributed by atoms with van der Waals surface area (Å²) in [6.07, 6.45) is 5.62. The molecule has 0 aliphatic carbocycles. The highest BCUT2D eigenvalue weighted by Gasteiger charge is 2.23. The first-order chi connectivity index (χ1) is 17.1. The summed E-state index contributed by atoms with van der Waals surface area (Å²) in [5.41, 5.74) is 2.00. The van der Waals surface area contributed by atoms with Crippen LogP contribution in [-0.4, -0.2) is 61.3 Å². The maximum absolute atomic E-state index is 13.2. The molecule has 0 atom stereocenters. The zero-order valence-electron chi connectivity index (χ0n) is 20.6. The zero-order chi connectivity index (χ0) is 24.2. The van der Waals surface area contributed by atoms with E-state index in [1.54, 1.807) is 14.2 Å². The van der Waals surface area contributed by atoms with Crippen LogP contribution in [0.2, 0.25) is 0 Å². The summed E-state index contributed by atoms with van der Waals surface area (Å²) in [5, 5.41) is 4.68. The van der Waals surface area contributed by atoms with Crippen LogP contribution in [0.4, 0.5) is 16.2 Å². The van der Waals surface area contributed by atoms with Crippen molar-refractivity contribution in [3.8, 4) is 11.5 Å². The van der Waals surface area contributed by atoms with Gasteiger partial charge in [0, 0.05) is 50.2 Å². The lowest BCUT2D eigenvalue weighted by molar-refractivity contribution is 0.211. The van der Waals surface area contributed by atoms with Crippen molar-refractivity contribution >= 4 is 22.7 Å². The van der Waals surface area contributed by atoms with Gasteiger partial charge in [0.25, 0.3) is 0 Å². The van der Waals surface area contributed by atoms with E-state index in [0.717, 1.165) is 73.8 Å². The number of nitrogens with one attached hydrogen (secondary N) is 1. The third kappa shape index (κ3) is 5.42. The maximum Gasteiger partial charge on any atom is 0.227 e. The smallest absolute Gasteiger partial charge is 0.227 e.